The summed E-state index contributed by atoms with van der Waals surface area (Å²) in [5.41, 5.74) is 0. The van der Waals surface area contributed by atoms with Crippen molar-refractivity contribution in [1.29, 1.82) is 0 Å². The maximum absolute atomic E-state index is 12.3. The first-order valence-electron chi connectivity index (χ1n) is 6.40. The van der Waals surface area contributed by atoms with Crippen LogP contribution in [0.15, 0.2) is 0 Å². The molecular weight excluding hydrogens is 220 g/mol. The van der Waals surface area contributed by atoms with Crippen molar-refractivity contribution >= 4 is 11.9 Å². The van der Waals surface area contributed by atoms with Gasteiger partial charge in [0.05, 0.1) is 5.92 Å². The standard InChI is InChI=1S/C12H20N2O3/c1-3-9-8(2)13-12(16)14(11(9)15)10-6-4-5-7-17-10/h8-10H,3-7H2,1-2H3,(H,13,16). The number of hydrogen-bond donors (Lipinski definition) is 1. The molecule has 0 saturated carbocycles. The second kappa shape index (κ2) is 5.04. The van der Waals surface area contributed by atoms with E-state index in [9.17, 15) is 9.59 Å². The normalized spacial score (nSPS) is 34.7. The molecule has 2 rings (SSSR count). The smallest absolute Gasteiger partial charge is 0.326 e. The van der Waals surface area contributed by atoms with Crippen molar-refractivity contribution in [1.82, 2.24) is 10.2 Å². The van der Waals surface area contributed by atoms with Gasteiger partial charge in [0.2, 0.25) is 5.91 Å². The molecule has 0 spiro atoms. The van der Waals surface area contributed by atoms with Gasteiger partial charge in [0.1, 0.15) is 6.23 Å². The Balaban J connectivity index is 2.13. The van der Waals surface area contributed by atoms with E-state index in [1.165, 1.54) is 4.90 Å². The van der Waals surface area contributed by atoms with Gasteiger partial charge in [0.15, 0.2) is 0 Å². The van der Waals surface area contributed by atoms with Crippen LogP contribution in [0.25, 0.3) is 0 Å². The monoisotopic (exact) mass is 240 g/mol. The number of carbonyl (C=O) groups excluding carboxylic acids is 2. The van der Waals surface area contributed by atoms with E-state index in [1.807, 2.05) is 13.8 Å². The first-order chi connectivity index (χ1) is 8.15. The molecule has 3 amide bonds. The predicted octanol–water partition coefficient (Wildman–Crippen LogP) is 1.48. The second-order valence-corrected chi connectivity index (χ2v) is 4.78. The second-order valence-electron chi connectivity index (χ2n) is 4.78. The number of urea groups is 1. The van der Waals surface area contributed by atoms with E-state index in [4.69, 9.17) is 4.74 Å². The third-order valence-electron chi connectivity index (χ3n) is 3.61. The summed E-state index contributed by atoms with van der Waals surface area (Å²) >= 11 is 0. The van der Waals surface area contributed by atoms with Gasteiger partial charge in [-0.3, -0.25) is 4.79 Å². The Hall–Kier alpha value is -1.10. The van der Waals surface area contributed by atoms with Gasteiger partial charge in [-0.1, -0.05) is 6.92 Å². The molecule has 3 unspecified atom stereocenters. The average Bonchev–Trinajstić information content (AvgIpc) is 2.30. The summed E-state index contributed by atoms with van der Waals surface area (Å²) in [6, 6.07) is -0.390. The van der Waals surface area contributed by atoms with Crippen LogP contribution in [-0.4, -0.2) is 35.7 Å². The molecule has 0 radical (unpaired) electrons. The lowest BCUT2D eigenvalue weighted by Crippen LogP contribution is -2.62. The molecule has 2 aliphatic heterocycles. The van der Waals surface area contributed by atoms with Crippen molar-refractivity contribution in [2.24, 2.45) is 5.92 Å². The molecule has 0 aromatic rings. The zero-order valence-electron chi connectivity index (χ0n) is 10.4. The fourth-order valence-corrected chi connectivity index (χ4v) is 2.59. The molecule has 3 atom stereocenters. The topological polar surface area (TPSA) is 58.6 Å². The summed E-state index contributed by atoms with van der Waals surface area (Å²) in [5, 5.41) is 2.84. The number of imide groups is 1. The van der Waals surface area contributed by atoms with Crippen LogP contribution >= 0.6 is 0 Å². The van der Waals surface area contributed by atoms with E-state index in [-0.39, 0.29) is 30.1 Å². The highest BCUT2D eigenvalue weighted by atomic mass is 16.5. The van der Waals surface area contributed by atoms with Gasteiger partial charge >= 0.3 is 6.03 Å². The van der Waals surface area contributed by atoms with Crippen LogP contribution in [0.5, 0.6) is 0 Å². The maximum Gasteiger partial charge on any atom is 0.326 e. The highest BCUT2D eigenvalue weighted by Gasteiger charge is 2.42. The first kappa shape index (κ1) is 12.4. The Morgan fingerprint density at radius 1 is 1.41 bits per heavy atom. The van der Waals surface area contributed by atoms with Crippen LogP contribution in [-0.2, 0) is 9.53 Å². The number of ether oxygens (including phenoxy) is 1. The van der Waals surface area contributed by atoms with E-state index >= 15 is 0 Å². The fraction of sp³-hybridized carbons (Fsp3) is 0.833. The van der Waals surface area contributed by atoms with Gasteiger partial charge in [-0.05, 0) is 32.6 Å². The zero-order chi connectivity index (χ0) is 12.4. The summed E-state index contributed by atoms with van der Waals surface area (Å²) in [7, 11) is 0. The summed E-state index contributed by atoms with van der Waals surface area (Å²) in [4.78, 5) is 25.4. The van der Waals surface area contributed by atoms with Crippen LogP contribution in [0.3, 0.4) is 0 Å². The molecule has 2 fully saturated rings. The highest BCUT2D eigenvalue weighted by molar-refractivity contribution is 5.98. The molecule has 0 aliphatic carbocycles. The quantitative estimate of drug-likeness (QED) is 0.795. The Bertz CT molecular complexity index is 313. The largest absolute Gasteiger partial charge is 0.358 e. The summed E-state index contributed by atoms with van der Waals surface area (Å²) < 4.78 is 5.53. The van der Waals surface area contributed by atoms with Gasteiger partial charge in [-0.15, -0.1) is 0 Å². The highest BCUT2D eigenvalue weighted by Crippen LogP contribution is 2.24. The first-order valence-corrected chi connectivity index (χ1v) is 6.40. The summed E-state index contributed by atoms with van der Waals surface area (Å²) in [5.74, 6) is -0.214. The molecule has 17 heavy (non-hydrogen) atoms. The number of nitrogens with zero attached hydrogens (tertiary/aromatic N) is 1. The lowest BCUT2D eigenvalue weighted by atomic mass is 9.94. The molecule has 0 bridgehead atoms. The number of nitrogens with one attached hydrogen (secondary N) is 1. The molecule has 96 valence electrons. The van der Waals surface area contributed by atoms with Crippen molar-refractivity contribution in [2.75, 3.05) is 6.61 Å². The summed E-state index contributed by atoms with van der Waals surface area (Å²) in [6.45, 7) is 4.48. The summed E-state index contributed by atoms with van der Waals surface area (Å²) in [6.07, 6.45) is 3.15. The molecule has 1 N–H and O–H groups in total. The number of carbonyl (C=O) groups is 2. The maximum atomic E-state index is 12.3. The molecular formula is C12H20N2O3. The molecule has 0 aromatic heterocycles. The van der Waals surface area contributed by atoms with Gasteiger partial charge in [0.25, 0.3) is 0 Å². The van der Waals surface area contributed by atoms with E-state index in [0.29, 0.717) is 6.61 Å². The third kappa shape index (κ3) is 2.29. The fourth-order valence-electron chi connectivity index (χ4n) is 2.59. The van der Waals surface area contributed by atoms with Crippen LogP contribution in [0.1, 0.15) is 39.5 Å². The van der Waals surface area contributed by atoms with E-state index in [2.05, 4.69) is 5.32 Å². The Morgan fingerprint density at radius 3 is 2.76 bits per heavy atom. The molecule has 2 aliphatic rings. The minimum Gasteiger partial charge on any atom is -0.358 e. The zero-order valence-corrected chi connectivity index (χ0v) is 10.4. The van der Waals surface area contributed by atoms with Crippen molar-refractivity contribution < 1.29 is 14.3 Å². The number of hydrogen-bond acceptors (Lipinski definition) is 3. The minimum atomic E-state index is -0.363. The Kier molecular flexibility index (Phi) is 3.66. The lowest BCUT2D eigenvalue weighted by Gasteiger charge is -2.40. The number of rotatable bonds is 2. The van der Waals surface area contributed by atoms with Gasteiger partial charge in [-0.25, -0.2) is 9.69 Å². The van der Waals surface area contributed by atoms with Crippen molar-refractivity contribution in [3.05, 3.63) is 0 Å². The van der Waals surface area contributed by atoms with E-state index in [1.54, 1.807) is 0 Å². The van der Waals surface area contributed by atoms with E-state index in [0.717, 1.165) is 25.7 Å². The Labute approximate surface area is 101 Å². The molecule has 2 saturated heterocycles. The third-order valence-corrected chi connectivity index (χ3v) is 3.61. The lowest BCUT2D eigenvalue weighted by molar-refractivity contribution is -0.151. The van der Waals surface area contributed by atoms with E-state index < -0.39 is 0 Å². The van der Waals surface area contributed by atoms with Gasteiger partial charge in [0, 0.05) is 12.6 Å². The molecule has 2 heterocycles. The van der Waals surface area contributed by atoms with Crippen LogP contribution in [0.2, 0.25) is 0 Å². The van der Waals surface area contributed by atoms with Gasteiger partial charge in [-0.2, -0.15) is 0 Å². The van der Waals surface area contributed by atoms with Crippen LogP contribution in [0.4, 0.5) is 4.79 Å². The van der Waals surface area contributed by atoms with Crippen molar-refractivity contribution in [2.45, 2.75) is 51.8 Å². The van der Waals surface area contributed by atoms with Gasteiger partial charge < -0.3 is 10.1 Å². The predicted molar refractivity (Wildman–Crippen MR) is 62.2 cm³/mol. The SMILES string of the molecule is CCC1C(=O)N(C2CCCCO2)C(=O)NC1C. The molecule has 0 aromatic carbocycles. The molecule has 5 heteroatoms. The van der Waals surface area contributed by atoms with Crippen molar-refractivity contribution in [3.63, 3.8) is 0 Å². The average molecular weight is 240 g/mol. The Morgan fingerprint density at radius 2 is 2.18 bits per heavy atom. The van der Waals surface area contributed by atoms with Crippen LogP contribution < -0.4 is 5.32 Å². The van der Waals surface area contributed by atoms with Crippen molar-refractivity contribution in [3.8, 4) is 0 Å². The number of amides is 3. The minimum absolute atomic E-state index is 0.0835. The van der Waals surface area contributed by atoms with Crippen LogP contribution in [0, 0.1) is 5.92 Å². The molecule has 5 nitrogen and oxygen atoms in total.